The molecule has 5 rings (SSSR count). The zero-order valence-corrected chi connectivity index (χ0v) is 32.5. The molecule has 0 radical (unpaired) electrons. The topological polar surface area (TPSA) is 174 Å². The van der Waals surface area contributed by atoms with E-state index in [4.69, 9.17) is 11.6 Å². The SMILES string of the molecule is Cc1ccc(CNC(=O)C(Cc2ccc(F)cc2)NC(=O)C(Cc2csc3ccccc23)NC(=O)C2CCCCN2C(=O)C(CCC(=O)O)NC(=O)CCl)cc1. The molecule has 296 valence electrons. The molecule has 12 nitrogen and oxygen atoms in total. The molecular weight excluding hydrogens is 761 g/mol. The Hall–Kier alpha value is -5.34. The lowest BCUT2D eigenvalue weighted by Crippen LogP contribution is -2.61. The number of hydrogen-bond donors (Lipinski definition) is 5. The molecule has 1 fully saturated rings. The Morgan fingerprint density at radius 1 is 0.857 bits per heavy atom. The number of fused-ring (bicyclic) bond motifs is 1. The Morgan fingerprint density at radius 3 is 2.27 bits per heavy atom. The first kappa shape index (κ1) is 41.8. The molecule has 0 aliphatic carbocycles. The van der Waals surface area contributed by atoms with Gasteiger partial charge in [-0.25, -0.2) is 4.39 Å². The highest BCUT2D eigenvalue weighted by Crippen LogP contribution is 2.27. The maximum atomic E-state index is 14.4. The number of amides is 5. The Kier molecular flexibility index (Phi) is 14.9. The smallest absolute Gasteiger partial charge is 0.303 e. The van der Waals surface area contributed by atoms with E-state index >= 15 is 0 Å². The largest absolute Gasteiger partial charge is 0.481 e. The van der Waals surface area contributed by atoms with Gasteiger partial charge in [0.25, 0.3) is 0 Å². The number of rotatable bonds is 17. The molecule has 1 aromatic heterocycles. The minimum absolute atomic E-state index is 0.0322. The van der Waals surface area contributed by atoms with Gasteiger partial charge in [-0.2, -0.15) is 0 Å². The van der Waals surface area contributed by atoms with Crippen molar-refractivity contribution < 1.29 is 38.3 Å². The molecule has 1 aliphatic heterocycles. The van der Waals surface area contributed by atoms with E-state index in [0.717, 1.165) is 26.8 Å². The van der Waals surface area contributed by atoms with Crippen molar-refractivity contribution in [1.82, 2.24) is 26.2 Å². The monoisotopic (exact) mass is 805 g/mol. The second kappa shape index (κ2) is 20.0. The number of nitrogens with zero attached hydrogens (tertiary/aromatic N) is 1. The Morgan fingerprint density at radius 2 is 1.55 bits per heavy atom. The van der Waals surface area contributed by atoms with Crippen LogP contribution in [0.5, 0.6) is 0 Å². The number of benzene rings is 3. The minimum Gasteiger partial charge on any atom is -0.481 e. The normalized spacial score (nSPS) is 15.6. The first-order valence-electron chi connectivity index (χ1n) is 18.4. The van der Waals surface area contributed by atoms with Gasteiger partial charge in [0.1, 0.15) is 35.9 Å². The molecule has 0 spiro atoms. The summed E-state index contributed by atoms with van der Waals surface area (Å²) in [7, 11) is 0. The number of carbonyl (C=O) groups excluding carboxylic acids is 5. The molecule has 4 unspecified atom stereocenters. The molecule has 2 heterocycles. The number of halogens is 2. The second-order valence-electron chi connectivity index (χ2n) is 13.8. The molecule has 3 aromatic carbocycles. The van der Waals surface area contributed by atoms with Crippen LogP contribution in [0.3, 0.4) is 0 Å². The van der Waals surface area contributed by atoms with E-state index in [-0.39, 0.29) is 38.8 Å². The highest BCUT2D eigenvalue weighted by molar-refractivity contribution is 7.17. The van der Waals surface area contributed by atoms with Crippen LogP contribution in [-0.4, -0.2) is 82.1 Å². The summed E-state index contributed by atoms with van der Waals surface area (Å²) in [4.78, 5) is 81.1. The van der Waals surface area contributed by atoms with E-state index in [9.17, 15) is 38.3 Å². The van der Waals surface area contributed by atoms with E-state index in [1.807, 2.05) is 60.8 Å². The number of carboxylic acid groups (broad SMARTS) is 1. The predicted octanol–water partition coefficient (Wildman–Crippen LogP) is 4.39. The van der Waals surface area contributed by atoms with Gasteiger partial charge in [-0.05, 0) is 78.3 Å². The van der Waals surface area contributed by atoms with Gasteiger partial charge in [0.2, 0.25) is 29.5 Å². The molecule has 4 aromatic rings. The molecule has 0 bridgehead atoms. The number of alkyl halides is 1. The number of carbonyl (C=O) groups is 6. The van der Waals surface area contributed by atoms with Crippen LogP contribution in [0.2, 0.25) is 0 Å². The van der Waals surface area contributed by atoms with Gasteiger partial charge in [0, 0.05) is 37.1 Å². The molecule has 5 N–H and O–H groups in total. The summed E-state index contributed by atoms with van der Waals surface area (Å²) < 4.78 is 14.8. The van der Waals surface area contributed by atoms with Crippen LogP contribution in [0.4, 0.5) is 4.39 Å². The van der Waals surface area contributed by atoms with Crippen LogP contribution in [0.25, 0.3) is 10.1 Å². The van der Waals surface area contributed by atoms with Crippen LogP contribution >= 0.6 is 22.9 Å². The van der Waals surface area contributed by atoms with Crippen molar-refractivity contribution in [2.75, 3.05) is 12.4 Å². The summed E-state index contributed by atoms with van der Waals surface area (Å²) in [6, 6.07) is 16.3. The van der Waals surface area contributed by atoms with E-state index in [1.165, 1.54) is 40.5 Å². The third kappa shape index (κ3) is 11.6. The average molecular weight is 806 g/mol. The Balaban J connectivity index is 1.41. The van der Waals surface area contributed by atoms with Gasteiger partial charge in [-0.3, -0.25) is 28.8 Å². The first-order valence-corrected chi connectivity index (χ1v) is 19.8. The van der Waals surface area contributed by atoms with E-state index in [1.54, 1.807) is 0 Å². The third-order valence-corrected chi connectivity index (χ3v) is 10.9. The predicted molar refractivity (Wildman–Crippen MR) is 211 cm³/mol. The lowest BCUT2D eigenvalue weighted by atomic mass is 9.97. The van der Waals surface area contributed by atoms with Crippen LogP contribution in [-0.2, 0) is 48.2 Å². The average Bonchev–Trinajstić information content (AvgIpc) is 3.61. The fourth-order valence-electron chi connectivity index (χ4n) is 6.67. The molecule has 4 atom stereocenters. The van der Waals surface area contributed by atoms with Crippen LogP contribution < -0.4 is 21.3 Å². The number of nitrogens with one attached hydrogen (secondary N) is 4. The summed E-state index contributed by atoms with van der Waals surface area (Å²) in [5, 5.41) is 23.2. The number of hydrogen-bond acceptors (Lipinski definition) is 7. The summed E-state index contributed by atoms with van der Waals surface area (Å²) >= 11 is 7.16. The second-order valence-corrected chi connectivity index (χ2v) is 15.0. The highest BCUT2D eigenvalue weighted by Gasteiger charge is 2.38. The van der Waals surface area contributed by atoms with Gasteiger partial charge in [0.15, 0.2) is 0 Å². The quantitative estimate of drug-likeness (QED) is 0.0985. The number of aryl methyl sites for hydroxylation is 1. The van der Waals surface area contributed by atoms with Gasteiger partial charge in [-0.1, -0.05) is 60.2 Å². The van der Waals surface area contributed by atoms with Gasteiger partial charge >= 0.3 is 5.97 Å². The molecule has 15 heteroatoms. The fraction of sp³-hybridized carbons (Fsp3) is 0.366. The zero-order chi connectivity index (χ0) is 40.2. The first-order chi connectivity index (χ1) is 26.9. The van der Waals surface area contributed by atoms with E-state index in [2.05, 4.69) is 21.3 Å². The summed E-state index contributed by atoms with van der Waals surface area (Å²) in [6.45, 7) is 2.32. The van der Waals surface area contributed by atoms with Crippen LogP contribution in [0, 0.1) is 12.7 Å². The van der Waals surface area contributed by atoms with Crippen molar-refractivity contribution in [3.8, 4) is 0 Å². The molecule has 1 aliphatic rings. The van der Waals surface area contributed by atoms with Gasteiger partial charge in [0.05, 0.1) is 0 Å². The summed E-state index contributed by atoms with van der Waals surface area (Å²) in [5.74, 6) is -5.08. The van der Waals surface area contributed by atoms with E-state index < -0.39 is 77.8 Å². The Labute approximate surface area is 333 Å². The van der Waals surface area contributed by atoms with Crippen molar-refractivity contribution in [3.63, 3.8) is 0 Å². The Bertz CT molecular complexity index is 2030. The minimum atomic E-state index is -1.23. The van der Waals surface area contributed by atoms with Crippen molar-refractivity contribution in [2.45, 2.75) is 82.6 Å². The number of piperidine rings is 1. The number of likely N-dealkylation sites (tertiary alicyclic amines) is 1. The molecule has 0 saturated carbocycles. The van der Waals surface area contributed by atoms with Crippen molar-refractivity contribution in [1.29, 1.82) is 0 Å². The molecular formula is C41H45ClFN5O7S. The standard InChI is InChI=1S/C41H45ClFN5O7S/c1-25-9-11-27(12-10-25)23-44-38(52)32(20-26-13-15-29(43)16-14-26)46-39(53)33(21-28-24-56-35-8-3-2-6-30(28)35)47-40(54)34-7-4-5-19-48(34)41(55)31(17-18-37(50)51)45-36(49)22-42/h2-3,6,8-16,24,31-34H,4-5,7,17-23H2,1H3,(H,44,52)(H,45,49)(H,46,53)(H,47,54)(H,50,51). The number of carboxylic acids is 1. The fourth-order valence-corrected chi connectivity index (χ4v) is 7.72. The highest BCUT2D eigenvalue weighted by atomic mass is 35.5. The molecule has 5 amide bonds. The van der Waals surface area contributed by atoms with Crippen molar-refractivity contribution in [2.24, 2.45) is 0 Å². The lowest BCUT2D eigenvalue weighted by molar-refractivity contribution is -0.146. The third-order valence-electron chi connectivity index (χ3n) is 9.68. The number of aliphatic carboxylic acids is 1. The lowest BCUT2D eigenvalue weighted by Gasteiger charge is -2.37. The van der Waals surface area contributed by atoms with E-state index in [0.29, 0.717) is 18.4 Å². The van der Waals surface area contributed by atoms with Gasteiger partial charge in [-0.15, -0.1) is 22.9 Å². The summed E-state index contributed by atoms with van der Waals surface area (Å²) in [5.41, 5.74) is 3.30. The van der Waals surface area contributed by atoms with Crippen molar-refractivity contribution >= 4 is 68.5 Å². The van der Waals surface area contributed by atoms with Gasteiger partial charge < -0.3 is 31.3 Å². The summed E-state index contributed by atoms with van der Waals surface area (Å²) in [6.07, 6.45) is 0.906. The maximum Gasteiger partial charge on any atom is 0.303 e. The molecule has 56 heavy (non-hydrogen) atoms. The van der Waals surface area contributed by atoms with Crippen LogP contribution in [0.15, 0.2) is 78.2 Å². The maximum absolute atomic E-state index is 14.4. The van der Waals surface area contributed by atoms with Crippen LogP contribution in [0.1, 0.15) is 54.4 Å². The van der Waals surface area contributed by atoms with Crippen molar-refractivity contribution in [3.05, 3.63) is 106 Å². The number of thiophene rings is 1. The molecule has 1 saturated heterocycles. The zero-order valence-electron chi connectivity index (χ0n) is 30.9.